The molecule has 0 aromatic heterocycles. The molecule has 0 bridgehead atoms. The molecule has 0 N–H and O–H groups in total. The van der Waals surface area contributed by atoms with Gasteiger partial charge in [0.15, 0.2) is 0 Å². The maximum Gasteiger partial charge on any atom is 0.310 e. The highest BCUT2D eigenvalue weighted by atomic mass is 19.1. The van der Waals surface area contributed by atoms with E-state index in [1.165, 1.54) is 23.1 Å². The van der Waals surface area contributed by atoms with Crippen molar-refractivity contribution in [3.8, 4) is 0 Å². The minimum absolute atomic E-state index is 0.0583. The molecule has 3 amide bonds. The first-order valence-electron chi connectivity index (χ1n) is 11.4. The van der Waals surface area contributed by atoms with Gasteiger partial charge in [0.05, 0.1) is 17.9 Å². The lowest BCUT2D eigenvalue weighted by atomic mass is 9.75. The van der Waals surface area contributed by atoms with Gasteiger partial charge in [-0.3, -0.25) is 24.1 Å². The van der Waals surface area contributed by atoms with E-state index in [2.05, 4.69) is 0 Å². The van der Waals surface area contributed by atoms with Crippen LogP contribution in [0.5, 0.6) is 0 Å². The summed E-state index contributed by atoms with van der Waals surface area (Å²) in [6, 6.07) is 5.82. The lowest BCUT2D eigenvalue weighted by Crippen LogP contribution is -2.48. The van der Waals surface area contributed by atoms with Crippen molar-refractivity contribution < 1.29 is 28.3 Å². The molecule has 0 saturated carbocycles. The van der Waals surface area contributed by atoms with Gasteiger partial charge >= 0.3 is 5.97 Å². The number of hydrogen-bond donors (Lipinski definition) is 0. The molecule has 33 heavy (non-hydrogen) atoms. The number of rotatable bonds is 8. The molecule has 2 aliphatic rings. The third-order valence-corrected chi connectivity index (χ3v) is 6.42. The van der Waals surface area contributed by atoms with Crippen LogP contribution in [-0.2, 0) is 29.3 Å². The van der Waals surface area contributed by atoms with Gasteiger partial charge in [0.25, 0.3) is 0 Å². The number of piperidine rings is 1. The number of imide groups is 1. The average Bonchev–Trinajstić information content (AvgIpc) is 3.02. The Balaban J connectivity index is 1.88. The molecule has 180 valence electrons. The lowest BCUT2D eigenvalue weighted by molar-refractivity contribution is -0.152. The Morgan fingerprint density at radius 3 is 2.64 bits per heavy atom. The minimum atomic E-state index is -1.59. The highest BCUT2D eigenvalue weighted by Crippen LogP contribution is 2.41. The molecule has 2 aliphatic heterocycles. The fourth-order valence-electron chi connectivity index (χ4n) is 4.65. The maximum absolute atomic E-state index is 14.9. The lowest BCUT2D eigenvalue weighted by Gasteiger charge is -2.35. The highest BCUT2D eigenvalue weighted by Gasteiger charge is 2.55. The summed E-state index contributed by atoms with van der Waals surface area (Å²) in [5.74, 6) is -2.73. The summed E-state index contributed by atoms with van der Waals surface area (Å²) >= 11 is 0. The predicted molar refractivity (Wildman–Crippen MR) is 119 cm³/mol. The molecule has 8 nitrogen and oxygen atoms in total. The van der Waals surface area contributed by atoms with Crippen LogP contribution in [0.4, 0.5) is 4.39 Å². The van der Waals surface area contributed by atoms with E-state index < -0.39 is 29.0 Å². The molecule has 1 aromatic rings. The molecule has 0 aliphatic carbocycles. The Morgan fingerprint density at radius 1 is 1.24 bits per heavy atom. The summed E-state index contributed by atoms with van der Waals surface area (Å²) < 4.78 is 20.0. The molecule has 2 fully saturated rings. The fourth-order valence-corrected chi connectivity index (χ4v) is 4.65. The molecule has 9 heteroatoms. The molecule has 2 heterocycles. The normalized spacial score (nSPS) is 23.4. The second-order valence-corrected chi connectivity index (χ2v) is 9.00. The average molecular weight is 462 g/mol. The zero-order valence-electron chi connectivity index (χ0n) is 19.5. The summed E-state index contributed by atoms with van der Waals surface area (Å²) in [5.41, 5.74) is -1.54. The first kappa shape index (κ1) is 24.8. The van der Waals surface area contributed by atoms with Crippen LogP contribution in [0, 0.1) is 11.7 Å². The largest absolute Gasteiger partial charge is 0.466 e. The van der Waals surface area contributed by atoms with Crippen LogP contribution in [0.15, 0.2) is 24.3 Å². The van der Waals surface area contributed by atoms with E-state index in [0.717, 1.165) is 4.90 Å². The SMILES string of the molecule is CCOC(=O)C1CCCN(C(=O)CC2(c3ccccc3F)CC(=O)N(CCN(C)C)C2=O)C1. The number of likely N-dealkylation sites (N-methyl/N-ethyl adjacent to an activating group) is 1. The van der Waals surface area contributed by atoms with Gasteiger partial charge in [0.2, 0.25) is 17.7 Å². The van der Waals surface area contributed by atoms with E-state index in [1.54, 1.807) is 13.0 Å². The second kappa shape index (κ2) is 10.4. The predicted octanol–water partition coefficient (Wildman–Crippen LogP) is 1.58. The molecular formula is C24H32FN3O5. The molecule has 0 radical (unpaired) electrons. The van der Waals surface area contributed by atoms with Crippen molar-refractivity contribution in [2.24, 2.45) is 5.92 Å². The van der Waals surface area contributed by atoms with Crippen LogP contribution in [0.2, 0.25) is 0 Å². The Morgan fingerprint density at radius 2 is 1.97 bits per heavy atom. The van der Waals surface area contributed by atoms with Crippen molar-refractivity contribution in [3.05, 3.63) is 35.6 Å². The monoisotopic (exact) mass is 461 g/mol. The van der Waals surface area contributed by atoms with Crippen molar-refractivity contribution in [2.75, 3.05) is 46.9 Å². The van der Waals surface area contributed by atoms with Crippen molar-refractivity contribution in [3.63, 3.8) is 0 Å². The third-order valence-electron chi connectivity index (χ3n) is 6.42. The van der Waals surface area contributed by atoms with E-state index in [-0.39, 0.29) is 50.0 Å². The number of ether oxygens (including phenoxy) is 1. The first-order valence-corrected chi connectivity index (χ1v) is 11.4. The van der Waals surface area contributed by atoms with Gasteiger partial charge in [-0.25, -0.2) is 4.39 Å². The van der Waals surface area contributed by atoms with Gasteiger partial charge in [0, 0.05) is 44.6 Å². The van der Waals surface area contributed by atoms with Gasteiger partial charge < -0.3 is 14.5 Å². The van der Waals surface area contributed by atoms with Crippen LogP contribution >= 0.6 is 0 Å². The smallest absolute Gasteiger partial charge is 0.310 e. The van der Waals surface area contributed by atoms with E-state index in [9.17, 15) is 23.6 Å². The molecule has 2 saturated heterocycles. The van der Waals surface area contributed by atoms with Gasteiger partial charge in [0.1, 0.15) is 5.82 Å². The van der Waals surface area contributed by atoms with Crippen molar-refractivity contribution in [2.45, 2.75) is 38.0 Å². The zero-order chi connectivity index (χ0) is 24.2. The van der Waals surface area contributed by atoms with Crippen LogP contribution in [0.25, 0.3) is 0 Å². The Labute approximate surface area is 193 Å². The summed E-state index contributed by atoms with van der Waals surface area (Å²) in [7, 11) is 3.66. The van der Waals surface area contributed by atoms with Gasteiger partial charge in [-0.15, -0.1) is 0 Å². The van der Waals surface area contributed by atoms with Crippen molar-refractivity contribution in [1.82, 2.24) is 14.7 Å². The molecule has 3 rings (SSSR count). The number of likely N-dealkylation sites (tertiary alicyclic amines) is 2. The number of carbonyl (C=O) groups excluding carboxylic acids is 4. The molecule has 2 atom stereocenters. The Hall–Kier alpha value is -2.81. The number of hydrogen-bond acceptors (Lipinski definition) is 6. The number of esters is 1. The standard InChI is InChI=1S/C24H32FN3O5/c1-4-33-22(31)17-8-7-11-27(16-17)20(29)14-24(18-9-5-6-10-19(18)25)15-21(30)28(23(24)32)13-12-26(2)3/h5-6,9-10,17H,4,7-8,11-16H2,1-3H3. The summed E-state index contributed by atoms with van der Waals surface area (Å²) in [6.07, 6.45) is 0.661. The Kier molecular flexibility index (Phi) is 7.84. The van der Waals surface area contributed by atoms with Crippen LogP contribution in [0.1, 0.15) is 38.2 Å². The minimum Gasteiger partial charge on any atom is -0.466 e. The van der Waals surface area contributed by atoms with E-state index in [0.29, 0.717) is 25.9 Å². The Bertz CT molecular complexity index is 921. The van der Waals surface area contributed by atoms with Crippen molar-refractivity contribution >= 4 is 23.7 Å². The topological polar surface area (TPSA) is 87.2 Å². The van der Waals surface area contributed by atoms with Gasteiger partial charge in [-0.05, 0) is 39.9 Å². The van der Waals surface area contributed by atoms with Gasteiger partial charge in [-0.2, -0.15) is 0 Å². The number of halogens is 1. The molecular weight excluding hydrogens is 429 g/mol. The third kappa shape index (κ3) is 5.24. The summed E-state index contributed by atoms with van der Waals surface area (Å²) in [6.45, 7) is 3.26. The number of carbonyl (C=O) groups is 4. The van der Waals surface area contributed by atoms with Crippen molar-refractivity contribution in [1.29, 1.82) is 0 Å². The number of amides is 3. The van der Waals surface area contributed by atoms with Gasteiger partial charge in [-0.1, -0.05) is 18.2 Å². The molecule has 0 spiro atoms. The van der Waals surface area contributed by atoms with E-state index in [4.69, 9.17) is 4.74 Å². The quantitative estimate of drug-likeness (QED) is 0.432. The zero-order valence-corrected chi connectivity index (χ0v) is 19.5. The molecule has 1 aromatic carbocycles. The first-order chi connectivity index (χ1) is 15.7. The van der Waals surface area contributed by atoms with Crippen LogP contribution < -0.4 is 0 Å². The second-order valence-electron chi connectivity index (χ2n) is 9.00. The van der Waals surface area contributed by atoms with Crippen LogP contribution in [0.3, 0.4) is 0 Å². The number of benzene rings is 1. The number of nitrogens with zero attached hydrogens (tertiary/aromatic N) is 3. The molecule has 2 unspecified atom stereocenters. The summed E-state index contributed by atoms with van der Waals surface area (Å²) in [4.78, 5) is 56.5. The van der Waals surface area contributed by atoms with Crippen LogP contribution in [-0.4, -0.2) is 85.3 Å². The van der Waals surface area contributed by atoms with E-state index >= 15 is 0 Å². The summed E-state index contributed by atoms with van der Waals surface area (Å²) in [5, 5.41) is 0. The van der Waals surface area contributed by atoms with E-state index in [1.807, 2.05) is 19.0 Å². The fraction of sp³-hybridized carbons (Fsp3) is 0.583. The highest BCUT2D eigenvalue weighted by molar-refractivity contribution is 6.10. The maximum atomic E-state index is 14.9.